The zero-order valence-corrected chi connectivity index (χ0v) is 12.4. The van der Waals surface area contributed by atoms with E-state index >= 15 is 0 Å². The highest BCUT2D eigenvalue weighted by molar-refractivity contribution is 7.80. The Kier molecular flexibility index (Phi) is 6.71. The summed E-state index contributed by atoms with van der Waals surface area (Å²) in [6.07, 6.45) is 0. The van der Waals surface area contributed by atoms with Gasteiger partial charge >= 0.3 is 0 Å². The van der Waals surface area contributed by atoms with Crippen molar-refractivity contribution in [1.29, 1.82) is 5.26 Å². The summed E-state index contributed by atoms with van der Waals surface area (Å²) in [4.78, 5) is 11.5. The average molecular weight is 304 g/mol. The van der Waals surface area contributed by atoms with Gasteiger partial charge in [0, 0.05) is 6.54 Å². The monoisotopic (exact) mass is 304 g/mol. The zero-order chi connectivity index (χ0) is 15.7. The van der Waals surface area contributed by atoms with Crippen molar-refractivity contribution in [3.63, 3.8) is 0 Å². The highest BCUT2D eigenvalue weighted by atomic mass is 32.1. The van der Waals surface area contributed by atoms with Crippen LogP contribution in [0.25, 0.3) is 0 Å². The van der Waals surface area contributed by atoms with Gasteiger partial charge in [-0.25, -0.2) is 0 Å². The first-order chi connectivity index (χ1) is 10.0. The van der Waals surface area contributed by atoms with Gasteiger partial charge in [0.25, 0.3) is 5.91 Å². The number of hydrazine groups is 1. The highest BCUT2D eigenvalue weighted by Crippen LogP contribution is 2.10. The Bertz CT molecular complexity index is 563. The molecule has 0 fully saturated rings. The van der Waals surface area contributed by atoms with Gasteiger partial charge in [0.2, 0.25) is 0 Å². The lowest BCUT2D eigenvalue weighted by atomic mass is 10.2. The molecular weight excluding hydrogens is 288 g/mol. The second kappa shape index (κ2) is 8.55. The van der Waals surface area contributed by atoms with E-state index in [9.17, 15) is 4.79 Å². The number of benzene rings is 1. The molecule has 0 heterocycles. The third-order valence-corrected chi connectivity index (χ3v) is 2.47. The standard InChI is InChI=1S/C14H16N4O2S/c1-10(2)8-16-14(21)18-17-13(19)9-20-12-5-3-11(7-15)4-6-12/h3-6H,1,8-9H2,2H3,(H,17,19)(H2,16,18,21). The second-order valence-electron chi connectivity index (χ2n) is 4.24. The van der Waals surface area contributed by atoms with Crippen molar-refractivity contribution in [2.75, 3.05) is 13.2 Å². The summed E-state index contributed by atoms with van der Waals surface area (Å²) in [5, 5.41) is 11.8. The Morgan fingerprint density at radius 1 is 1.38 bits per heavy atom. The van der Waals surface area contributed by atoms with E-state index in [4.69, 9.17) is 22.2 Å². The average Bonchev–Trinajstić information content (AvgIpc) is 2.49. The minimum absolute atomic E-state index is 0.165. The number of nitrogens with one attached hydrogen (secondary N) is 3. The Morgan fingerprint density at radius 2 is 2.05 bits per heavy atom. The maximum atomic E-state index is 11.5. The van der Waals surface area contributed by atoms with E-state index in [0.29, 0.717) is 23.0 Å². The third-order valence-electron chi connectivity index (χ3n) is 2.22. The van der Waals surface area contributed by atoms with Gasteiger partial charge < -0.3 is 10.1 Å². The molecule has 0 aromatic heterocycles. The number of thiocarbonyl (C=S) groups is 1. The number of carbonyl (C=O) groups is 1. The first-order valence-electron chi connectivity index (χ1n) is 6.11. The fourth-order valence-electron chi connectivity index (χ4n) is 1.21. The molecule has 0 unspecified atom stereocenters. The molecule has 0 aliphatic carbocycles. The predicted octanol–water partition coefficient (Wildman–Crippen LogP) is 1.01. The number of nitriles is 1. The maximum absolute atomic E-state index is 11.5. The van der Waals surface area contributed by atoms with E-state index in [2.05, 4.69) is 22.7 Å². The fraction of sp³-hybridized carbons (Fsp3) is 0.214. The quantitative estimate of drug-likeness (QED) is 0.427. The van der Waals surface area contributed by atoms with E-state index in [1.165, 1.54) is 0 Å². The second-order valence-corrected chi connectivity index (χ2v) is 4.65. The fourth-order valence-corrected chi connectivity index (χ4v) is 1.34. The molecule has 0 saturated carbocycles. The van der Waals surface area contributed by atoms with Gasteiger partial charge in [-0.05, 0) is 43.4 Å². The summed E-state index contributed by atoms with van der Waals surface area (Å²) in [6, 6.07) is 8.47. The molecule has 3 N–H and O–H groups in total. The molecule has 0 saturated heterocycles. The maximum Gasteiger partial charge on any atom is 0.276 e. The SMILES string of the molecule is C=C(C)CNC(=S)NNC(=O)COc1ccc(C#N)cc1. The summed E-state index contributed by atoms with van der Waals surface area (Å²) in [5.41, 5.74) is 6.40. The number of amides is 1. The van der Waals surface area contributed by atoms with Crippen LogP contribution < -0.4 is 20.9 Å². The van der Waals surface area contributed by atoms with E-state index < -0.39 is 0 Å². The smallest absolute Gasteiger partial charge is 0.276 e. The molecule has 1 aromatic carbocycles. The van der Waals surface area contributed by atoms with Crippen LogP contribution in [0.2, 0.25) is 0 Å². The lowest BCUT2D eigenvalue weighted by Crippen LogP contribution is -2.48. The summed E-state index contributed by atoms with van der Waals surface area (Å²) in [7, 11) is 0. The molecule has 0 radical (unpaired) electrons. The molecule has 0 bridgehead atoms. The van der Waals surface area contributed by atoms with Crippen LogP contribution in [0, 0.1) is 11.3 Å². The molecule has 7 heteroatoms. The van der Waals surface area contributed by atoms with Crippen molar-refractivity contribution in [2.24, 2.45) is 0 Å². The van der Waals surface area contributed by atoms with Crippen LogP contribution in [0.3, 0.4) is 0 Å². The van der Waals surface area contributed by atoms with Crippen LogP contribution in [0.15, 0.2) is 36.4 Å². The van der Waals surface area contributed by atoms with E-state index in [1.54, 1.807) is 24.3 Å². The molecular formula is C14H16N4O2S. The number of carbonyl (C=O) groups excluding carboxylic acids is 1. The summed E-state index contributed by atoms with van der Waals surface area (Å²) in [6.45, 7) is 5.95. The van der Waals surface area contributed by atoms with Gasteiger partial charge in [0.05, 0.1) is 11.6 Å². The summed E-state index contributed by atoms with van der Waals surface area (Å²) in [5.74, 6) is 0.131. The van der Waals surface area contributed by atoms with Crippen molar-refractivity contribution in [1.82, 2.24) is 16.2 Å². The van der Waals surface area contributed by atoms with Crippen LogP contribution in [0.4, 0.5) is 0 Å². The molecule has 1 rings (SSSR count). The van der Waals surface area contributed by atoms with Gasteiger partial charge in [0.1, 0.15) is 5.75 Å². The van der Waals surface area contributed by atoms with E-state index in [0.717, 1.165) is 5.57 Å². The molecule has 0 spiro atoms. The van der Waals surface area contributed by atoms with Crippen molar-refractivity contribution in [3.05, 3.63) is 42.0 Å². The largest absolute Gasteiger partial charge is 0.484 e. The Balaban J connectivity index is 2.26. The number of rotatable bonds is 5. The molecule has 0 atom stereocenters. The van der Waals surface area contributed by atoms with Crippen LogP contribution in [-0.2, 0) is 4.79 Å². The molecule has 0 aliphatic rings. The van der Waals surface area contributed by atoms with Gasteiger partial charge in [-0.1, -0.05) is 12.2 Å². The highest BCUT2D eigenvalue weighted by Gasteiger charge is 2.03. The Labute approximate surface area is 128 Å². The molecule has 21 heavy (non-hydrogen) atoms. The number of ether oxygens (including phenoxy) is 1. The van der Waals surface area contributed by atoms with Gasteiger partial charge in [0.15, 0.2) is 11.7 Å². The Morgan fingerprint density at radius 3 is 2.62 bits per heavy atom. The number of hydrogen-bond acceptors (Lipinski definition) is 4. The Hall–Kier alpha value is -2.59. The van der Waals surface area contributed by atoms with Crippen LogP contribution >= 0.6 is 12.2 Å². The molecule has 1 amide bonds. The van der Waals surface area contributed by atoms with Crippen LogP contribution in [0.1, 0.15) is 12.5 Å². The minimum atomic E-state index is -0.376. The van der Waals surface area contributed by atoms with Crippen molar-refractivity contribution < 1.29 is 9.53 Å². The third kappa shape index (κ3) is 6.94. The predicted molar refractivity (Wildman–Crippen MR) is 83.3 cm³/mol. The normalized spacial score (nSPS) is 9.14. The van der Waals surface area contributed by atoms with E-state index in [-0.39, 0.29) is 12.5 Å². The summed E-state index contributed by atoms with van der Waals surface area (Å²) >= 11 is 4.95. The first-order valence-corrected chi connectivity index (χ1v) is 6.52. The van der Waals surface area contributed by atoms with E-state index in [1.807, 2.05) is 13.0 Å². The molecule has 1 aromatic rings. The topological polar surface area (TPSA) is 86.2 Å². The molecule has 6 nitrogen and oxygen atoms in total. The molecule has 110 valence electrons. The van der Waals surface area contributed by atoms with Gasteiger partial charge in [-0.3, -0.25) is 15.6 Å². The lowest BCUT2D eigenvalue weighted by Gasteiger charge is -2.12. The number of hydrogen-bond donors (Lipinski definition) is 3. The van der Waals surface area contributed by atoms with Crippen molar-refractivity contribution in [3.8, 4) is 11.8 Å². The summed E-state index contributed by atoms with van der Waals surface area (Å²) < 4.78 is 5.26. The van der Waals surface area contributed by atoms with Crippen molar-refractivity contribution in [2.45, 2.75) is 6.92 Å². The van der Waals surface area contributed by atoms with Crippen LogP contribution in [0.5, 0.6) is 5.75 Å². The van der Waals surface area contributed by atoms with Crippen LogP contribution in [-0.4, -0.2) is 24.2 Å². The minimum Gasteiger partial charge on any atom is -0.484 e. The van der Waals surface area contributed by atoms with Gasteiger partial charge in [-0.2, -0.15) is 5.26 Å². The van der Waals surface area contributed by atoms with Gasteiger partial charge in [-0.15, -0.1) is 0 Å². The van der Waals surface area contributed by atoms with Crippen molar-refractivity contribution >= 4 is 23.2 Å². The lowest BCUT2D eigenvalue weighted by molar-refractivity contribution is -0.123. The molecule has 0 aliphatic heterocycles. The zero-order valence-electron chi connectivity index (χ0n) is 11.6. The number of nitrogens with zero attached hydrogens (tertiary/aromatic N) is 1. The first kappa shape index (κ1) is 16.5.